The van der Waals surface area contributed by atoms with Gasteiger partial charge >= 0.3 is 21.1 Å². The number of hydrogen-bond acceptors (Lipinski definition) is 24. The summed E-state index contributed by atoms with van der Waals surface area (Å²) < 4.78 is 62.8. The maximum Gasteiger partial charge on any atom is 6.00 e. The van der Waals surface area contributed by atoms with Gasteiger partial charge in [-0.15, -0.1) is 0 Å². The van der Waals surface area contributed by atoms with Crippen LogP contribution in [0.5, 0.6) is 0 Å². The topological polar surface area (TPSA) is 249 Å². The molecule has 0 bridgehead atoms. The summed E-state index contributed by atoms with van der Waals surface area (Å²) in [4.78, 5) is 71.1. The average Bonchev–Trinajstić information content (AvgIpc) is 0.972. The van der Waals surface area contributed by atoms with Gasteiger partial charge in [0, 0.05) is 0 Å². The molecule has 0 unspecified atom stereocenters. The third-order valence-electron chi connectivity index (χ3n) is 21.0. The average molecular weight is 2120 g/mol. The molecule has 0 aromatic heterocycles. The van der Waals surface area contributed by atoms with Gasteiger partial charge in [-0.2, -0.15) is 0 Å². The van der Waals surface area contributed by atoms with Gasteiger partial charge in [-0.25, -0.2) is 0 Å². The molecule has 0 aliphatic carbocycles. The minimum atomic E-state index is -3.23. The van der Waals surface area contributed by atoms with Gasteiger partial charge in [0.2, 0.25) is 0 Å². The van der Waals surface area contributed by atoms with Crippen molar-refractivity contribution in [2.24, 2.45) is 0 Å². The summed E-state index contributed by atoms with van der Waals surface area (Å²) in [6, 6.07) is 0. The summed E-state index contributed by atoms with van der Waals surface area (Å²) in [7, 11) is 0. The normalized spacial score (nSPS) is 11.9. The molecule has 0 radical (unpaired) electrons. The molecule has 0 rings (SSSR count). The van der Waals surface area contributed by atoms with Crippen LogP contribution in [-0.4, -0.2) is 79.3 Å². The Labute approximate surface area is 833 Å². The summed E-state index contributed by atoms with van der Waals surface area (Å²) in [6.07, 6.45) is 85.0. The van der Waals surface area contributed by atoms with E-state index in [2.05, 4.69) is 83.1 Å². The Kier molecular flexibility index (Phi) is 132. The van der Waals surface area contributed by atoms with Crippen molar-refractivity contribution in [2.45, 2.75) is 545 Å². The van der Waals surface area contributed by atoms with Crippen molar-refractivity contribution in [3.05, 3.63) is 0 Å². The van der Waals surface area contributed by atoms with E-state index in [4.69, 9.17) is 125 Å². The van der Waals surface area contributed by atoms with Crippen molar-refractivity contribution in [1.29, 1.82) is 0 Å². The van der Waals surface area contributed by atoms with Crippen molar-refractivity contribution in [1.82, 2.24) is 0 Å². The van der Waals surface area contributed by atoms with Crippen LogP contribution >= 0.6 is 40.3 Å². The van der Waals surface area contributed by atoms with Gasteiger partial charge in [0.25, 0.3) is 0 Å². The maximum atomic E-state index is 11.9. The third-order valence-corrected chi connectivity index (χ3v) is 30.7. The molecule has 768 valence electrons. The van der Waals surface area contributed by atoms with E-state index in [1.807, 2.05) is 0 Å². The Hall–Kier alpha value is 3.87. The predicted octanol–water partition coefficient (Wildman–Crippen LogP) is 31.9. The smallest absolute Gasteiger partial charge is 0.780 e. The van der Waals surface area contributed by atoms with E-state index in [0.717, 1.165) is 154 Å². The molecule has 0 saturated carbocycles. The van der Waals surface area contributed by atoms with Crippen LogP contribution in [0, 0.1) is 0 Å². The van der Waals surface area contributed by atoms with E-state index >= 15 is 0 Å². The van der Waals surface area contributed by atoms with Crippen LogP contribution in [0.4, 0.5) is 0 Å². The van der Waals surface area contributed by atoms with Gasteiger partial charge in [-0.3, -0.25) is 0 Å². The van der Waals surface area contributed by atoms with Crippen molar-refractivity contribution < 1.29 is 105 Å². The molecule has 0 aromatic rings. The standard InChI is InChI=1S/6C16H35O3PS.Mo/c6*1-3-5-7-9-11-13-15-18-20(17,21)19-16-14-12-10-8-6-4-2;/h6*3-16H2,1-2H3,(H,17,21);/q;;;;;;+6/p-6. The summed E-state index contributed by atoms with van der Waals surface area (Å²) in [5.74, 6) is 0. The Morgan fingerprint density at radius 3 is 0.236 bits per heavy atom. The van der Waals surface area contributed by atoms with E-state index in [1.165, 1.54) is 308 Å². The van der Waals surface area contributed by atoms with Crippen LogP contribution in [0.3, 0.4) is 0 Å². The van der Waals surface area contributed by atoms with E-state index in [0.29, 0.717) is 79.3 Å². The molecule has 0 amide bonds. The Bertz CT molecular complexity index is 1850. The molecule has 31 heteroatoms. The van der Waals surface area contributed by atoms with Crippen LogP contribution in [0.1, 0.15) is 545 Å². The van der Waals surface area contributed by atoms with E-state index in [1.54, 1.807) is 0 Å². The molecule has 0 aliphatic rings. The van der Waals surface area contributed by atoms with Gasteiger partial charge in [0.15, 0.2) is 0 Å². The second kappa shape index (κ2) is 117. The Morgan fingerprint density at radius 1 is 0.118 bits per heavy atom. The molecule has 0 aromatic carbocycles. The van der Waals surface area contributed by atoms with Crippen molar-refractivity contribution in [3.8, 4) is 0 Å². The molecule has 18 nitrogen and oxygen atoms in total. The third kappa shape index (κ3) is 138. The van der Waals surface area contributed by atoms with Crippen LogP contribution in [0.25, 0.3) is 0 Å². The quantitative estimate of drug-likeness (QED) is 0.0312. The summed E-state index contributed by atoms with van der Waals surface area (Å²) in [6.45, 7) is 12.6. The monoisotopic (exact) mass is 2120 g/mol. The molecule has 0 fully saturated rings. The van der Waals surface area contributed by atoms with Gasteiger partial charge < -0.3 is 83.6 Å². The molecule has 0 aliphatic heterocycles. The van der Waals surface area contributed by atoms with Crippen LogP contribution in [0.2, 0.25) is 0 Å². The fourth-order valence-electron chi connectivity index (χ4n) is 12.9. The SMILES string of the molecule is CCCCCCCCOP([O-])(=S)OCCCCCCCC.CCCCCCCCOP([O-])(=S)OCCCCCCCC.CCCCCCCCOP([O-])(=S)OCCCCCCCC.CCCCCCCCOP([O-])(=S)OCCCCCCCC.CCCCCCCCOP([O-])(=S)OCCCCCCCC.CCCCCCCCOP([O-])(=S)OCCCCCCCC.[Mo+6]. The number of unbranched alkanes of at least 4 members (excludes halogenated alkanes) is 60. The van der Waals surface area contributed by atoms with Gasteiger partial charge in [-0.05, 0) is 77.0 Å². The fourth-order valence-corrected chi connectivity index (χ4v) is 20.3. The molecular formula is C96H204MoO18P6S6. The second-order valence-electron chi connectivity index (χ2n) is 33.9. The van der Waals surface area contributed by atoms with Gasteiger partial charge in [-0.1, -0.05) is 539 Å². The molecule has 0 N–H and O–H groups in total. The maximum absolute atomic E-state index is 11.9. The first-order valence-corrected chi connectivity index (χ1v) is 67.7. The van der Waals surface area contributed by atoms with E-state index in [9.17, 15) is 29.4 Å². The first-order valence-electron chi connectivity index (χ1n) is 52.3. The van der Waals surface area contributed by atoms with Crippen molar-refractivity contribution in [2.75, 3.05) is 79.3 Å². The minimum absolute atomic E-state index is 0. The van der Waals surface area contributed by atoms with E-state index in [-0.39, 0.29) is 21.1 Å². The molecular weight excluding hydrogens is 1920 g/mol. The largest absolute Gasteiger partial charge is 6.00 e. The molecule has 0 spiro atoms. The minimum Gasteiger partial charge on any atom is -0.780 e. The zero-order valence-corrected chi connectivity index (χ0v) is 96.6. The van der Waals surface area contributed by atoms with Crippen LogP contribution in [0.15, 0.2) is 0 Å². The number of rotatable bonds is 96. The van der Waals surface area contributed by atoms with Crippen molar-refractivity contribution >= 4 is 111 Å². The van der Waals surface area contributed by atoms with Gasteiger partial charge in [0.1, 0.15) is 40.3 Å². The van der Waals surface area contributed by atoms with Crippen molar-refractivity contribution in [3.63, 3.8) is 0 Å². The van der Waals surface area contributed by atoms with Crippen LogP contribution in [-0.2, 0) is 146 Å². The molecule has 0 atom stereocenters. The predicted molar refractivity (Wildman–Crippen MR) is 558 cm³/mol. The molecule has 0 heterocycles. The first kappa shape index (κ1) is 144. The van der Waals surface area contributed by atoms with Crippen LogP contribution < -0.4 is 29.4 Å². The first-order chi connectivity index (χ1) is 60.7. The number of hydrogen-bond donors (Lipinski definition) is 0. The second-order valence-corrected chi connectivity index (χ2v) is 50.4. The summed E-state index contributed by atoms with van der Waals surface area (Å²) in [5, 5.41) is 0. The van der Waals surface area contributed by atoms with E-state index < -0.39 is 40.3 Å². The Morgan fingerprint density at radius 2 is 0.173 bits per heavy atom. The zero-order chi connectivity index (χ0) is 94.9. The summed E-state index contributed by atoms with van der Waals surface area (Å²) in [5.41, 5.74) is 0. The zero-order valence-electron chi connectivity index (χ0n) is 84.3. The fraction of sp³-hybridized carbons (Fsp3) is 1.00. The molecule has 127 heavy (non-hydrogen) atoms. The van der Waals surface area contributed by atoms with Gasteiger partial charge in [0.05, 0.1) is 79.3 Å². The summed E-state index contributed by atoms with van der Waals surface area (Å²) >= 11 is 29.4. The molecule has 0 saturated heterocycles. The Balaban J connectivity index is -0.000000272.